The molecule has 0 aliphatic heterocycles. The van der Waals surface area contributed by atoms with Crippen molar-refractivity contribution in [3.05, 3.63) is 0 Å². The molecule has 0 radical (unpaired) electrons. The molecule has 2 nitrogen and oxygen atoms in total. The fourth-order valence-electron chi connectivity index (χ4n) is 2.23. The van der Waals surface area contributed by atoms with E-state index in [0.717, 1.165) is 19.0 Å². The Hall–Kier alpha value is 0.500. The molecule has 98 valence electrons. The lowest BCUT2D eigenvalue weighted by atomic mass is 9.69. The summed E-state index contributed by atoms with van der Waals surface area (Å²) in [6, 6.07) is 0. The van der Waals surface area contributed by atoms with Crippen molar-refractivity contribution in [3.8, 4) is 0 Å². The number of alkyl halides is 2. The first kappa shape index (κ1) is 16.5. The number of nitrogens with two attached hydrogens (primary N) is 2. The Bertz CT molecular complexity index is 149. The highest BCUT2D eigenvalue weighted by molar-refractivity contribution is 6.25. The molecular formula is C12H26Cl2N2. The summed E-state index contributed by atoms with van der Waals surface area (Å²) in [6.07, 6.45) is 6.41. The van der Waals surface area contributed by atoms with Crippen molar-refractivity contribution in [3.63, 3.8) is 0 Å². The van der Waals surface area contributed by atoms with E-state index in [1.54, 1.807) is 0 Å². The molecule has 0 amide bonds. The summed E-state index contributed by atoms with van der Waals surface area (Å²) >= 11 is 10.1. The molecule has 1 aliphatic rings. The Morgan fingerprint density at radius 2 is 1.62 bits per heavy atom. The average molecular weight is 269 g/mol. The van der Waals surface area contributed by atoms with Gasteiger partial charge in [0.15, 0.2) is 0 Å². The molecule has 16 heavy (non-hydrogen) atoms. The van der Waals surface area contributed by atoms with Gasteiger partial charge in [-0.25, -0.2) is 0 Å². The van der Waals surface area contributed by atoms with Crippen molar-refractivity contribution < 1.29 is 0 Å². The zero-order chi connectivity index (χ0) is 12.4. The summed E-state index contributed by atoms with van der Waals surface area (Å²) in [5.41, 5.74) is 11.9. The topological polar surface area (TPSA) is 52.0 Å². The van der Waals surface area contributed by atoms with Crippen LogP contribution in [0.4, 0.5) is 0 Å². The van der Waals surface area contributed by atoms with Crippen LogP contribution in [0.1, 0.15) is 39.0 Å². The minimum absolute atomic E-state index is 0.464. The lowest BCUT2D eigenvalue weighted by Gasteiger charge is -2.38. The largest absolute Gasteiger partial charge is 0.330 e. The van der Waals surface area contributed by atoms with Gasteiger partial charge in [0.1, 0.15) is 0 Å². The van der Waals surface area contributed by atoms with Crippen LogP contribution in [0.2, 0.25) is 0 Å². The van der Waals surface area contributed by atoms with E-state index >= 15 is 0 Å². The van der Waals surface area contributed by atoms with E-state index in [4.69, 9.17) is 34.7 Å². The van der Waals surface area contributed by atoms with Gasteiger partial charge in [0, 0.05) is 11.8 Å². The van der Waals surface area contributed by atoms with E-state index in [-0.39, 0.29) is 0 Å². The number of halogens is 2. The number of hydrogen-bond acceptors (Lipinski definition) is 2. The zero-order valence-electron chi connectivity index (χ0n) is 10.4. The SMILES string of the molecule is CCC1(CN)CCC(CN)CC1.ClCCCl. The first-order chi connectivity index (χ1) is 7.67. The summed E-state index contributed by atoms with van der Waals surface area (Å²) < 4.78 is 0. The molecule has 0 heterocycles. The van der Waals surface area contributed by atoms with E-state index in [9.17, 15) is 0 Å². The van der Waals surface area contributed by atoms with Crippen molar-refractivity contribution in [1.82, 2.24) is 0 Å². The second-order valence-corrected chi connectivity index (χ2v) is 5.37. The standard InChI is InChI=1S/C10H22N2.C2H4Cl2/c1-2-10(8-12)5-3-9(7-11)4-6-10;3-1-2-4/h9H,2-8,11-12H2,1H3;1-2H2. The van der Waals surface area contributed by atoms with Crippen molar-refractivity contribution in [2.24, 2.45) is 22.8 Å². The second kappa shape index (κ2) is 9.52. The molecule has 1 aliphatic carbocycles. The van der Waals surface area contributed by atoms with E-state index in [0.29, 0.717) is 17.2 Å². The molecule has 0 aromatic rings. The van der Waals surface area contributed by atoms with Crippen LogP contribution in [0.5, 0.6) is 0 Å². The van der Waals surface area contributed by atoms with Gasteiger partial charge in [-0.05, 0) is 56.5 Å². The van der Waals surface area contributed by atoms with E-state index in [1.165, 1.54) is 32.1 Å². The van der Waals surface area contributed by atoms with Crippen LogP contribution in [-0.4, -0.2) is 24.8 Å². The molecule has 0 saturated heterocycles. The summed E-state index contributed by atoms with van der Waals surface area (Å²) in [7, 11) is 0. The Labute approximate surface area is 110 Å². The minimum Gasteiger partial charge on any atom is -0.330 e. The Morgan fingerprint density at radius 1 is 1.12 bits per heavy atom. The molecule has 0 spiro atoms. The maximum Gasteiger partial charge on any atom is 0.0359 e. The van der Waals surface area contributed by atoms with Crippen molar-refractivity contribution in [1.29, 1.82) is 0 Å². The highest BCUT2D eigenvalue weighted by Gasteiger charge is 2.31. The molecule has 0 atom stereocenters. The maximum absolute atomic E-state index is 5.80. The molecule has 0 unspecified atom stereocenters. The lowest BCUT2D eigenvalue weighted by Crippen LogP contribution is -2.35. The molecule has 4 N–H and O–H groups in total. The normalized spacial score (nSPS) is 29.4. The monoisotopic (exact) mass is 268 g/mol. The average Bonchev–Trinajstić information content (AvgIpc) is 2.39. The molecule has 4 heteroatoms. The van der Waals surface area contributed by atoms with Gasteiger partial charge in [-0.1, -0.05) is 6.92 Å². The minimum atomic E-state index is 0.464. The molecule has 0 aromatic heterocycles. The maximum atomic E-state index is 5.80. The predicted octanol–water partition coefficient (Wildman–Crippen LogP) is 2.95. The van der Waals surface area contributed by atoms with Gasteiger partial charge in [0.2, 0.25) is 0 Å². The third-order valence-electron chi connectivity index (χ3n) is 3.75. The third kappa shape index (κ3) is 5.72. The van der Waals surface area contributed by atoms with Gasteiger partial charge < -0.3 is 11.5 Å². The summed E-state index contributed by atoms with van der Waals surface area (Å²) in [6.45, 7) is 3.99. The van der Waals surface area contributed by atoms with Crippen LogP contribution < -0.4 is 11.5 Å². The number of hydrogen-bond donors (Lipinski definition) is 2. The van der Waals surface area contributed by atoms with Gasteiger partial charge in [-0.2, -0.15) is 0 Å². The van der Waals surface area contributed by atoms with Crippen LogP contribution in [0.3, 0.4) is 0 Å². The van der Waals surface area contributed by atoms with Gasteiger partial charge >= 0.3 is 0 Å². The van der Waals surface area contributed by atoms with Crippen LogP contribution in [0.15, 0.2) is 0 Å². The molecule has 1 saturated carbocycles. The summed E-state index contributed by atoms with van der Waals surface area (Å²) in [5.74, 6) is 1.89. The molecule has 1 fully saturated rings. The Morgan fingerprint density at radius 3 is 1.88 bits per heavy atom. The van der Waals surface area contributed by atoms with Crippen LogP contribution in [0.25, 0.3) is 0 Å². The predicted molar refractivity (Wildman–Crippen MR) is 74.2 cm³/mol. The first-order valence-electron chi connectivity index (χ1n) is 6.20. The Kier molecular flexibility index (Phi) is 9.82. The highest BCUT2D eigenvalue weighted by Crippen LogP contribution is 2.40. The second-order valence-electron chi connectivity index (χ2n) is 4.61. The fourth-order valence-corrected chi connectivity index (χ4v) is 2.23. The van der Waals surface area contributed by atoms with E-state index < -0.39 is 0 Å². The third-order valence-corrected chi connectivity index (χ3v) is 4.33. The van der Waals surface area contributed by atoms with Crippen molar-refractivity contribution in [2.75, 3.05) is 24.8 Å². The zero-order valence-corrected chi connectivity index (χ0v) is 11.9. The van der Waals surface area contributed by atoms with Crippen LogP contribution in [-0.2, 0) is 0 Å². The first-order valence-corrected chi connectivity index (χ1v) is 7.27. The van der Waals surface area contributed by atoms with E-state index in [1.807, 2.05) is 0 Å². The summed E-state index contributed by atoms with van der Waals surface area (Å²) in [4.78, 5) is 0. The number of rotatable bonds is 4. The van der Waals surface area contributed by atoms with Gasteiger partial charge in [0.25, 0.3) is 0 Å². The van der Waals surface area contributed by atoms with Crippen molar-refractivity contribution in [2.45, 2.75) is 39.0 Å². The van der Waals surface area contributed by atoms with Crippen molar-refractivity contribution >= 4 is 23.2 Å². The summed E-state index contributed by atoms with van der Waals surface area (Å²) in [5, 5.41) is 0. The van der Waals surface area contributed by atoms with Gasteiger partial charge in [0.05, 0.1) is 0 Å². The smallest absolute Gasteiger partial charge is 0.0359 e. The van der Waals surface area contributed by atoms with Crippen LogP contribution in [0, 0.1) is 11.3 Å². The highest BCUT2D eigenvalue weighted by atomic mass is 35.5. The fraction of sp³-hybridized carbons (Fsp3) is 1.00. The lowest BCUT2D eigenvalue weighted by molar-refractivity contribution is 0.153. The molecule has 0 bridgehead atoms. The molecule has 0 aromatic carbocycles. The van der Waals surface area contributed by atoms with Gasteiger partial charge in [-0.15, -0.1) is 23.2 Å². The quantitative estimate of drug-likeness (QED) is 0.771. The molecule has 1 rings (SSSR count). The molecular weight excluding hydrogens is 243 g/mol. The van der Waals surface area contributed by atoms with E-state index in [2.05, 4.69) is 6.92 Å². The van der Waals surface area contributed by atoms with Gasteiger partial charge in [-0.3, -0.25) is 0 Å². The Balaban J connectivity index is 0.000000487. The van der Waals surface area contributed by atoms with Crippen LogP contribution >= 0.6 is 23.2 Å².